The third-order valence-corrected chi connectivity index (χ3v) is 32.9. The Labute approximate surface area is 830 Å². The van der Waals surface area contributed by atoms with E-state index < -0.39 is 71.9 Å². The van der Waals surface area contributed by atoms with E-state index in [1.165, 1.54) is 0 Å². The first-order chi connectivity index (χ1) is 68.7. The van der Waals surface area contributed by atoms with Crippen LogP contribution in [0, 0.1) is 0 Å². The maximum atomic E-state index is 16.7. The quantitative estimate of drug-likeness (QED) is 0.0279. The van der Waals surface area contributed by atoms with Crippen LogP contribution in [0.25, 0.3) is 21.5 Å². The Morgan fingerprint density at radius 3 is 0.436 bits per heavy atom. The molecule has 4 aromatic carbocycles. The van der Waals surface area contributed by atoms with Gasteiger partial charge >= 0.3 is 35.2 Å². The lowest BCUT2D eigenvalue weighted by Crippen LogP contribution is -2.50. The molecule has 0 unspecified atom stereocenters. The second-order valence-electron chi connectivity index (χ2n) is 31.3. The number of hydrogen-bond donors (Lipinski definition) is 0. The Morgan fingerprint density at radius 1 is 0.179 bits per heavy atom. The molecule has 802 valence electrons. The van der Waals surface area contributed by atoms with Gasteiger partial charge in [0.15, 0.2) is 0 Å². The maximum Gasteiger partial charge on any atom is 0.501 e. The number of carbonyl (C=O) groups is 4. The molecule has 4 amide bonds. The minimum atomic E-state index is -3.94. The third-order valence-electron chi connectivity index (χ3n) is 21.7. The van der Waals surface area contributed by atoms with Crippen molar-refractivity contribution in [2.75, 3.05) is 416 Å². The summed E-state index contributed by atoms with van der Waals surface area (Å²) in [6.45, 7) is 8.67. The van der Waals surface area contributed by atoms with Crippen molar-refractivity contribution >= 4 is 80.4 Å². The van der Waals surface area contributed by atoms with Crippen LogP contribution in [0.5, 0.6) is 0 Å². The van der Waals surface area contributed by atoms with Gasteiger partial charge in [0.25, 0.3) is 23.6 Å². The van der Waals surface area contributed by atoms with E-state index in [2.05, 4.69) is 0 Å². The average molecular weight is 2070 g/mol. The van der Waals surface area contributed by atoms with Gasteiger partial charge in [-0.15, -0.1) is 0 Å². The van der Waals surface area contributed by atoms with Crippen LogP contribution in [0.2, 0.25) is 24.2 Å². The minimum absolute atomic E-state index is 0.0390. The minimum Gasteiger partial charge on any atom is -0.382 e. The summed E-state index contributed by atoms with van der Waals surface area (Å²) < 4.78 is 216. The highest BCUT2D eigenvalue weighted by Gasteiger charge is 2.49. The summed E-state index contributed by atoms with van der Waals surface area (Å²) in [5, 5.41) is 1.82. The molecule has 4 aromatic rings. The molecule has 6 rings (SSSR count). The average Bonchev–Trinajstić information content (AvgIpc) is 0.726. The molecule has 0 saturated heterocycles. The van der Waals surface area contributed by atoms with Crippen LogP contribution in [0.3, 0.4) is 0 Å². The number of carbonyl (C=O) groups excluding carboxylic acids is 4. The molecular formula is C94H160N2O40Si4. The van der Waals surface area contributed by atoms with Gasteiger partial charge in [0, 0.05) is 133 Å². The van der Waals surface area contributed by atoms with Gasteiger partial charge in [0.1, 0.15) is 0 Å². The zero-order valence-corrected chi connectivity index (χ0v) is 88.9. The van der Waals surface area contributed by atoms with Crippen LogP contribution in [0.1, 0.15) is 63.7 Å². The summed E-state index contributed by atoms with van der Waals surface area (Å²) in [5.74, 6) is -2.86. The first-order valence-corrected chi connectivity index (χ1v) is 55.7. The summed E-state index contributed by atoms with van der Waals surface area (Å²) in [6, 6.07) is 15.2. The number of methoxy groups -OCH3 is 12. The number of hydrogen-bond acceptors (Lipinski definition) is 40. The summed E-state index contributed by atoms with van der Waals surface area (Å²) in [4.78, 5) is 69.1. The maximum absolute atomic E-state index is 16.7. The van der Waals surface area contributed by atoms with Crippen molar-refractivity contribution in [3.05, 3.63) is 93.0 Å². The van der Waals surface area contributed by atoms with Crippen LogP contribution >= 0.6 is 0 Å². The van der Waals surface area contributed by atoms with E-state index in [0.29, 0.717) is 123 Å². The molecule has 2 aliphatic heterocycles. The van der Waals surface area contributed by atoms with Gasteiger partial charge < -0.3 is 167 Å². The zero-order valence-electron chi connectivity index (χ0n) is 84.9. The van der Waals surface area contributed by atoms with Crippen LogP contribution in [0.15, 0.2) is 48.5 Å². The van der Waals surface area contributed by atoms with Gasteiger partial charge in [-0.2, -0.15) is 0 Å². The molecule has 0 radical (unpaired) electrons. The monoisotopic (exact) mass is 2070 g/mol. The molecule has 2 heterocycles. The summed E-state index contributed by atoms with van der Waals surface area (Å²) >= 11 is 0. The predicted molar refractivity (Wildman–Crippen MR) is 519 cm³/mol. The standard InChI is InChI=1S/C94H160N2O40Si4/c1-101-27-39-113-51-63-125-137(126-64-52-114-40-28-102-2,127-65-53-115-41-29-103-3)75-21-81-17-13-79-14-18-82(22-76-138(128-66-54-116-42-30-104-4,129-67-55-117-43-31-105-5)130-68-56-118-44-32-106-6)88-85(79)87(81)91(97)95(92(88)98)25-26-96-93(99)89-83(23-77-139(131-69-57-119-45-33-107-7,132-70-58-120-46-34-108-8)133-71-59-121-47-35-109-9)19-15-80-16-20-84(90(86(80)89)94(96)100)24-78-140(134-72-60-122-48-36-110-10,135-73-61-123-49-37-111-11)136-74-62-124-50-38-112-12/h13-20H,21-78H2,1-12H3. The highest BCUT2D eigenvalue weighted by Crippen LogP contribution is 2.41. The van der Waals surface area contributed by atoms with E-state index in [0.717, 1.165) is 9.80 Å². The van der Waals surface area contributed by atoms with Gasteiger partial charge in [-0.25, -0.2) is 0 Å². The number of nitrogens with zero attached hydrogens (tertiary/aromatic N) is 2. The molecule has 0 bridgehead atoms. The molecule has 140 heavy (non-hydrogen) atoms. The van der Waals surface area contributed by atoms with Crippen LogP contribution in [-0.4, -0.2) is 484 Å². The van der Waals surface area contributed by atoms with Gasteiger partial charge in [-0.1, -0.05) is 48.5 Å². The van der Waals surface area contributed by atoms with Crippen molar-refractivity contribution < 1.29 is 186 Å². The lowest BCUT2D eigenvalue weighted by atomic mass is 9.86. The molecule has 0 atom stereocenters. The smallest absolute Gasteiger partial charge is 0.382 e. The van der Waals surface area contributed by atoms with Gasteiger partial charge in [-0.05, 0) is 58.7 Å². The van der Waals surface area contributed by atoms with E-state index in [1.807, 2.05) is 48.5 Å². The summed E-state index contributed by atoms with van der Waals surface area (Å²) in [5.41, 5.74) is 2.63. The lowest BCUT2D eigenvalue weighted by molar-refractivity contribution is -0.0111. The third kappa shape index (κ3) is 46.3. The van der Waals surface area contributed by atoms with Crippen LogP contribution in [-0.2, 0) is 192 Å². The van der Waals surface area contributed by atoms with Crippen molar-refractivity contribution in [2.45, 2.75) is 49.9 Å². The van der Waals surface area contributed by atoms with Crippen molar-refractivity contribution in [2.24, 2.45) is 0 Å². The number of imide groups is 2. The molecule has 0 aliphatic carbocycles. The second-order valence-corrected chi connectivity index (χ2v) is 42.2. The fraction of sp³-hybridized carbons (Fsp3) is 0.745. The number of benzene rings is 4. The normalized spacial score (nSPS) is 13.3. The van der Waals surface area contributed by atoms with Crippen LogP contribution < -0.4 is 0 Å². The Bertz CT molecular complexity index is 3280. The number of rotatable bonds is 99. The van der Waals surface area contributed by atoms with E-state index in [4.69, 9.17) is 167 Å². The van der Waals surface area contributed by atoms with Crippen molar-refractivity contribution in [1.29, 1.82) is 0 Å². The number of aryl methyl sites for hydroxylation is 4. The van der Waals surface area contributed by atoms with Gasteiger partial charge in [-0.3, -0.25) is 29.0 Å². The molecule has 0 N–H and O–H groups in total. The fourth-order valence-corrected chi connectivity index (χ4v) is 24.4. The first-order valence-electron chi connectivity index (χ1n) is 48.0. The summed E-state index contributed by atoms with van der Waals surface area (Å²) in [7, 11) is 3.23. The van der Waals surface area contributed by atoms with Crippen molar-refractivity contribution in [3.63, 3.8) is 0 Å². The lowest BCUT2D eigenvalue weighted by Gasteiger charge is -2.35. The molecule has 0 fully saturated rings. The Hall–Kier alpha value is -4.89. The molecule has 0 saturated carbocycles. The SMILES string of the molecule is COCCOCCO[Si](CCc1ccc2ccc(CC[Si](OCCOCCOC)(OCCOCCOC)OCCOCCOC)c3c2c1C(=O)N(CCN1C(=O)c2c(CC[Si](OCCOCCOC)(OCCOCCOC)OCCOCCOC)ccc4ccc(CC[Si](OCCOCCOC)(OCCOCCOC)OCCOCCOC)c(c24)C1=O)C3=O)(OCCOCCOC)OCCOCCOC. The van der Waals surface area contributed by atoms with E-state index in [-0.39, 0.29) is 310 Å². The topological polar surface area (TPSA) is 407 Å². The van der Waals surface area contributed by atoms with Crippen LogP contribution in [0.4, 0.5) is 0 Å². The predicted octanol–water partition coefficient (Wildman–Crippen LogP) is 5.97. The number of amides is 4. The van der Waals surface area contributed by atoms with Crippen molar-refractivity contribution in [3.8, 4) is 0 Å². The van der Waals surface area contributed by atoms with E-state index in [1.54, 1.807) is 85.3 Å². The van der Waals surface area contributed by atoms with E-state index >= 15 is 19.2 Å². The number of ether oxygens (including phenoxy) is 24. The molecular weight excluding hydrogens is 1910 g/mol. The largest absolute Gasteiger partial charge is 0.501 e. The van der Waals surface area contributed by atoms with Crippen molar-refractivity contribution in [1.82, 2.24) is 9.80 Å². The highest BCUT2D eigenvalue weighted by molar-refractivity contribution is 6.62. The van der Waals surface area contributed by atoms with E-state index in [9.17, 15) is 0 Å². The summed E-state index contributed by atoms with van der Waals surface area (Å²) in [6.07, 6.45) is 0.319. The molecule has 0 aromatic heterocycles. The van der Waals surface area contributed by atoms with Gasteiger partial charge in [0.2, 0.25) is 0 Å². The fourth-order valence-electron chi connectivity index (χ4n) is 14.7. The zero-order chi connectivity index (χ0) is 101. The highest BCUT2D eigenvalue weighted by atomic mass is 28.4. The first kappa shape index (κ1) is 124. The Morgan fingerprint density at radius 2 is 0.307 bits per heavy atom. The Balaban J connectivity index is 1.62. The van der Waals surface area contributed by atoms with Gasteiger partial charge in [0.05, 0.1) is 339 Å². The molecule has 0 spiro atoms. The Kier molecular flexibility index (Phi) is 68.5. The molecule has 42 nitrogen and oxygen atoms in total. The molecule has 2 aliphatic rings. The second kappa shape index (κ2) is 77.5. The molecule has 46 heteroatoms.